The second-order valence-corrected chi connectivity index (χ2v) is 2.29. The van der Waals surface area contributed by atoms with Crippen LogP contribution in [-0.4, -0.2) is 29.9 Å². The Hall–Kier alpha value is -1.67. The Bertz CT molecular complexity index is 302. The standard InChI is InChI=1S/C7H6N2O3/c1-2-7(4-10)3-8-6(12)9-5(7)11/h1,3,10H,4H2,(H,9,11,12). The number of hydrogen-bond acceptors (Lipinski definition) is 3. The summed E-state index contributed by atoms with van der Waals surface area (Å²) < 4.78 is 0. The quantitative estimate of drug-likeness (QED) is 0.486. The van der Waals surface area contributed by atoms with Crippen molar-refractivity contribution in [2.75, 3.05) is 6.61 Å². The van der Waals surface area contributed by atoms with Gasteiger partial charge >= 0.3 is 6.03 Å². The van der Waals surface area contributed by atoms with Crippen molar-refractivity contribution in [3.05, 3.63) is 0 Å². The Morgan fingerprint density at radius 2 is 2.42 bits per heavy atom. The molecular weight excluding hydrogens is 160 g/mol. The zero-order valence-electron chi connectivity index (χ0n) is 6.07. The first-order valence-corrected chi connectivity index (χ1v) is 3.14. The van der Waals surface area contributed by atoms with Crippen LogP contribution in [0.25, 0.3) is 0 Å². The molecule has 5 nitrogen and oxygen atoms in total. The van der Waals surface area contributed by atoms with Crippen molar-refractivity contribution < 1.29 is 14.7 Å². The highest BCUT2D eigenvalue weighted by Gasteiger charge is 2.38. The van der Waals surface area contributed by atoms with Gasteiger partial charge in [-0.15, -0.1) is 6.42 Å². The van der Waals surface area contributed by atoms with Gasteiger partial charge in [-0.2, -0.15) is 0 Å². The fourth-order valence-electron chi connectivity index (χ4n) is 0.729. The summed E-state index contributed by atoms with van der Waals surface area (Å²) in [5.41, 5.74) is -1.48. The molecule has 1 aliphatic rings. The molecular formula is C7H6N2O3. The zero-order chi connectivity index (χ0) is 9.19. The number of carbonyl (C=O) groups excluding carboxylic acids is 2. The van der Waals surface area contributed by atoms with Crippen LogP contribution < -0.4 is 5.32 Å². The smallest absolute Gasteiger partial charge is 0.347 e. The van der Waals surface area contributed by atoms with E-state index in [0.717, 1.165) is 6.21 Å². The third kappa shape index (κ3) is 1.08. The highest BCUT2D eigenvalue weighted by atomic mass is 16.3. The number of aliphatic imine (C=N–C) groups is 1. The highest BCUT2D eigenvalue weighted by molar-refractivity contribution is 6.14. The van der Waals surface area contributed by atoms with Crippen molar-refractivity contribution in [1.82, 2.24) is 5.32 Å². The lowest BCUT2D eigenvalue weighted by Crippen LogP contribution is -2.49. The van der Waals surface area contributed by atoms with Crippen molar-refractivity contribution in [2.24, 2.45) is 10.4 Å². The first kappa shape index (κ1) is 8.43. The van der Waals surface area contributed by atoms with E-state index in [4.69, 9.17) is 11.5 Å². The predicted molar refractivity (Wildman–Crippen MR) is 40.4 cm³/mol. The fourth-order valence-corrected chi connectivity index (χ4v) is 0.729. The molecule has 1 unspecified atom stereocenters. The monoisotopic (exact) mass is 166 g/mol. The molecule has 0 aromatic carbocycles. The SMILES string of the molecule is C#CC1(CO)C=NC(=O)NC1=O. The summed E-state index contributed by atoms with van der Waals surface area (Å²) in [4.78, 5) is 24.9. The van der Waals surface area contributed by atoms with E-state index in [1.54, 1.807) is 0 Å². The van der Waals surface area contributed by atoms with Crippen molar-refractivity contribution in [3.63, 3.8) is 0 Å². The van der Waals surface area contributed by atoms with Crippen LogP contribution in [0.1, 0.15) is 0 Å². The van der Waals surface area contributed by atoms with Crippen LogP contribution in [0, 0.1) is 17.8 Å². The van der Waals surface area contributed by atoms with E-state index in [2.05, 4.69) is 10.9 Å². The summed E-state index contributed by atoms with van der Waals surface area (Å²) >= 11 is 0. The second-order valence-electron chi connectivity index (χ2n) is 2.29. The van der Waals surface area contributed by atoms with Crippen LogP contribution in [0.5, 0.6) is 0 Å². The highest BCUT2D eigenvalue weighted by Crippen LogP contribution is 2.14. The molecule has 1 heterocycles. The molecule has 1 aliphatic heterocycles. The lowest BCUT2D eigenvalue weighted by Gasteiger charge is -2.21. The van der Waals surface area contributed by atoms with Crippen LogP contribution >= 0.6 is 0 Å². The number of urea groups is 1. The first-order valence-electron chi connectivity index (χ1n) is 3.14. The lowest BCUT2D eigenvalue weighted by molar-refractivity contribution is -0.125. The van der Waals surface area contributed by atoms with Gasteiger partial charge in [0.15, 0.2) is 5.41 Å². The number of terminal acetylenes is 1. The van der Waals surface area contributed by atoms with E-state index in [-0.39, 0.29) is 0 Å². The maximum absolute atomic E-state index is 11.1. The Kier molecular flexibility index (Phi) is 1.93. The molecule has 5 heteroatoms. The van der Waals surface area contributed by atoms with Crippen LogP contribution in [0.4, 0.5) is 4.79 Å². The van der Waals surface area contributed by atoms with Crippen molar-refractivity contribution in [3.8, 4) is 12.3 Å². The molecule has 0 aromatic heterocycles. The third-order valence-electron chi connectivity index (χ3n) is 1.53. The largest absolute Gasteiger partial charge is 0.394 e. The summed E-state index contributed by atoms with van der Waals surface area (Å²) in [5, 5.41) is 10.7. The van der Waals surface area contributed by atoms with E-state index in [0.29, 0.717) is 0 Å². The maximum Gasteiger partial charge on any atom is 0.347 e. The van der Waals surface area contributed by atoms with Crippen molar-refractivity contribution in [2.45, 2.75) is 0 Å². The molecule has 0 aromatic rings. The number of imide groups is 1. The van der Waals surface area contributed by atoms with Crippen LogP contribution in [0.3, 0.4) is 0 Å². The summed E-state index contributed by atoms with van der Waals surface area (Å²) in [7, 11) is 0. The Balaban J connectivity index is 3.07. The number of amides is 3. The van der Waals surface area contributed by atoms with E-state index in [9.17, 15) is 9.59 Å². The molecule has 0 saturated carbocycles. The van der Waals surface area contributed by atoms with E-state index >= 15 is 0 Å². The van der Waals surface area contributed by atoms with E-state index in [1.165, 1.54) is 0 Å². The van der Waals surface area contributed by atoms with Crippen LogP contribution in [0.2, 0.25) is 0 Å². The average Bonchev–Trinajstić information content (AvgIpc) is 2.06. The summed E-state index contributed by atoms with van der Waals surface area (Å²) in [6.45, 7) is -0.563. The number of aliphatic hydroxyl groups is 1. The molecule has 12 heavy (non-hydrogen) atoms. The number of nitrogens with zero attached hydrogens (tertiary/aromatic N) is 1. The first-order chi connectivity index (χ1) is 5.64. The Morgan fingerprint density at radius 1 is 1.75 bits per heavy atom. The van der Waals surface area contributed by atoms with Crippen molar-refractivity contribution >= 4 is 18.2 Å². The normalized spacial score (nSPS) is 28.0. The van der Waals surface area contributed by atoms with Gasteiger partial charge < -0.3 is 5.11 Å². The summed E-state index contributed by atoms with van der Waals surface area (Å²) in [6.07, 6.45) is 5.99. The molecule has 0 fully saturated rings. The van der Waals surface area contributed by atoms with Crippen molar-refractivity contribution in [1.29, 1.82) is 0 Å². The van der Waals surface area contributed by atoms with Gasteiger partial charge in [0.2, 0.25) is 0 Å². The molecule has 0 bridgehead atoms. The number of aliphatic hydroxyl groups excluding tert-OH is 1. The van der Waals surface area contributed by atoms with Gasteiger partial charge in [-0.05, 0) is 0 Å². The van der Waals surface area contributed by atoms with Gasteiger partial charge in [0.05, 0.1) is 6.61 Å². The second kappa shape index (κ2) is 2.75. The van der Waals surface area contributed by atoms with Gasteiger partial charge in [0, 0.05) is 6.21 Å². The van der Waals surface area contributed by atoms with Gasteiger partial charge in [0.25, 0.3) is 5.91 Å². The minimum absolute atomic E-state index is 0.563. The average molecular weight is 166 g/mol. The number of hydrogen-bond donors (Lipinski definition) is 2. The Morgan fingerprint density at radius 3 is 2.83 bits per heavy atom. The lowest BCUT2D eigenvalue weighted by atomic mass is 9.90. The molecule has 0 spiro atoms. The molecule has 1 rings (SSSR count). The minimum atomic E-state index is -1.48. The molecule has 0 saturated heterocycles. The molecule has 0 radical (unpaired) electrons. The van der Waals surface area contributed by atoms with E-state index in [1.807, 2.05) is 5.32 Å². The van der Waals surface area contributed by atoms with E-state index < -0.39 is 24.0 Å². The van der Waals surface area contributed by atoms with Crippen LogP contribution in [-0.2, 0) is 4.79 Å². The summed E-state index contributed by atoms with van der Waals surface area (Å²) in [5.74, 6) is 1.36. The third-order valence-corrected chi connectivity index (χ3v) is 1.53. The topological polar surface area (TPSA) is 78.8 Å². The number of rotatable bonds is 1. The van der Waals surface area contributed by atoms with Gasteiger partial charge in [-0.25, -0.2) is 9.79 Å². The molecule has 2 N–H and O–H groups in total. The molecule has 62 valence electrons. The Labute approximate surface area is 68.5 Å². The molecule has 0 aliphatic carbocycles. The number of nitrogens with one attached hydrogen (secondary N) is 1. The number of carbonyl (C=O) groups is 2. The van der Waals surface area contributed by atoms with Gasteiger partial charge in [0.1, 0.15) is 0 Å². The summed E-state index contributed by atoms with van der Waals surface area (Å²) in [6, 6.07) is -0.765. The maximum atomic E-state index is 11.1. The zero-order valence-corrected chi connectivity index (χ0v) is 6.07. The van der Waals surface area contributed by atoms with Gasteiger partial charge in [-0.1, -0.05) is 5.92 Å². The fraction of sp³-hybridized carbons (Fsp3) is 0.286. The molecule has 3 amide bonds. The van der Waals surface area contributed by atoms with Crippen LogP contribution in [0.15, 0.2) is 4.99 Å². The molecule has 1 atom stereocenters. The minimum Gasteiger partial charge on any atom is -0.394 e. The predicted octanol–water partition coefficient (Wildman–Crippen LogP) is -1.08. The van der Waals surface area contributed by atoms with Gasteiger partial charge in [-0.3, -0.25) is 10.1 Å².